The van der Waals surface area contributed by atoms with Gasteiger partial charge < -0.3 is 20.1 Å². The molecule has 0 radical (unpaired) electrons. The van der Waals surface area contributed by atoms with Crippen LogP contribution in [-0.4, -0.2) is 42.0 Å². The second-order valence-corrected chi connectivity index (χ2v) is 10.6. The molecule has 2 aromatic heterocycles. The molecule has 0 atom stereocenters. The molecule has 15 heteroatoms. The molecule has 5 rings (SSSR count). The van der Waals surface area contributed by atoms with Crippen molar-refractivity contribution in [2.75, 3.05) is 10.6 Å². The quantitative estimate of drug-likeness (QED) is 0.0472. The number of benzene rings is 3. The molecule has 13 nitrogen and oxygen atoms in total. The molecule has 0 fully saturated rings. The van der Waals surface area contributed by atoms with E-state index in [2.05, 4.69) is 37.5 Å². The smallest absolute Gasteiger partial charge is 0.247 e. The number of amides is 2. The van der Waals surface area contributed by atoms with Gasteiger partial charge in [0.15, 0.2) is 0 Å². The largest absolute Gasteiger partial charge is 0.487 e. The molecule has 0 bridgehead atoms. The average molecular weight is 661 g/mol. The van der Waals surface area contributed by atoms with Crippen LogP contribution in [-0.2, 0) is 29.3 Å². The highest BCUT2D eigenvalue weighted by molar-refractivity contribution is 6.32. The Balaban J connectivity index is 1.29. The number of ether oxygens (including phenoxy) is 2. The third-order valence-electron chi connectivity index (χ3n) is 6.79. The van der Waals surface area contributed by atoms with Crippen molar-refractivity contribution < 1.29 is 28.7 Å². The lowest BCUT2D eigenvalue weighted by molar-refractivity contribution is -0.129. The lowest BCUT2D eigenvalue weighted by Crippen LogP contribution is -2.18. The number of hydrogen-bond donors (Lipinski definition) is 4. The fourth-order valence-corrected chi connectivity index (χ4v) is 4.72. The van der Waals surface area contributed by atoms with Gasteiger partial charge in [0.2, 0.25) is 11.8 Å². The molecular weight excluding hydrogens is 631 g/mol. The summed E-state index contributed by atoms with van der Waals surface area (Å²) in [4.78, 5) is 32.2. The number of fused-ring (bicyclic) bond motifs is 1. The zero-order chi connectivity index (χ0) is 33.2. The molecule has 0 aliphatic heterocycles. The number of nitrogens with one attached hydrogen (secondary N) is 3. The third-order valence-corrected chi connectivity index (χ3v) is 7.08. The lowest BCUT2D eigenvalue weighted by atomic mass is 10.1. The minimum Gasteiger partial charge on any atom is -0.487 e. The second kappa shape index (κ2) is 15.6. The standard InChI is InChI=1S/C32H30ClFN8O5/c1-2-30(43)38-27-14-24-26(15-29(27)47-18-23-16-42(41-39-23)11-4-3-8-31(44)40-45)35-19-36-32(24)37-22-9-10-28(25(33)13-22)46-17-20-6-5-7-21(34)12-20/h2,5-7,9-10,12-16,19,45H,1,3-4,8,11,17-18H2,(H,38,43)(H,40,44)(H,35,36,37). The van der Waals surface area contributed by atoms with Gasteiger partial charge in [0.05, 0.1) is 22.4 Å². The predicted octanol–water partition coefficient (Wildman–Crippen LogP) is 5.72. The Labute approximate surface area is 273 Å². The van der Waals surface area contributed by atoms with Crippen molar-refractivity contribution in [2.45, 2.75) is 39.0 Å². The van der Waals surface area contributed by atoms with E-state index in [0.29, 0.717) is 75.3 Å². The number of nitrogens with zero attached hydrogens (tertiary/aromatic N) is 5. The van der Waals surface area contributed by atoms with E-state index in [-0.39, 0.29) is 25.5 Å². The van der Waals surface area contributed by atoms with Crippen LogP contribution in [0.25, 0.3) is 10.9 Å². The summed E-state index contributed by atoms with van der Waals surface area (Å²) < 4.78 is 26.9. The first-order valence-corrected chi connectivity index (χ1v) is 14.8. The Kier molecular flexibility index (Phi) is 10.9. The van der Waals surface area contributed by atoms with E-state index in [1.165, 1.54) is 18.5 Å². The number of aromatic nitrogens is 5. The Morgan fingerprint density at radius 1 is 1.04 bits per heavy atom. The number of unbranched alkanes of at least 4 members (excludes halogenated alkanes) is 1. The number of rotatable bonds is 15. The van der Waals surface area contributed by atoms with Gasteiger partial charge in [0, 0.05) is 30.1 Å². The maximum absolute atomic E-state index is 13.5. The Morgan fingerprint density at radius 2 is 1.89 bits per heavy atom. The van der Waals surface area contributed by atoms with E-state index in [0.717, 1.165) is 6.08 Å². The van der Waals surface area contributed by atoms with E-state index in [1.54, 1.807) is 58.8 Å². The van der Waals surface area contributed by atoms with Crippen LogP contribution < -0.4 is 25.6 Å². The molecule has 0 aliphatic carbocycles. The fourth-order valence-electron chi connectivity index (χ4n) is 4.49. The maximum Gasteiger partial charge on any atom is 0.247 e. The first-order chi connectivity index (χ1) is 22.8. The van der Waals surface area contributed by atoms with Crippen LogP contribution in [0.3, 0.4) is 0 Å². The minimum atomic E-state index is -0.443. The van der Waals surface area contributed by atoms with E-state index < -0.39 is 11.8 Å². The summed E-state index contributed by atoms with van der Waals surface area (Å²) in [6.07, 6.45) is 5.70. The zero-order valence-corrected chi connectivity index (χ0v) is 25.7. The molecule has 4 N–H and O–H groups in total. The summed E-state index contributed by atoms with van der Waals surface area (Å²) >= 11 is 6.49. The number of hydrogen-bond acceptors (Lipinski definition) is 10. The van der Waals surface area contributed by atoms with Crippen LogP contribution in [0.5, 0.6) is 11.5 Å². The van der Waals surface area contributed by atoms with E-state index >= 15 is 0 Å². The zero-order valence-electron chi connectivity index (χ0n) is 25.0. The van der Waals surface area contributed by atoms with Gasteiger partial charge in [-0.25, -0.2) is 19.8 Å². The molecular formula is C32H30ClFN8O5. The summed E-state index contributed by atoms with van der Waals surface area (Å²) in [5, 5.41) is 23.7. The molecule has 0 spiro atoms. The molecule has 5 aromatic rings. The van der Waals surface area contributed by atoms with Crippen molar-refractivity contribution in [1.82, 2.24) is 30.4 Å². The number of carbonyl (C=O) groups is 2. The summed E-state index contributed by atoms with van der Waals surface area (Å²) in [5.41, 5.74) is 4.33. The van der Waals surface area contributed by atoms with Gasteiger partial charge in [-0.05, 0) is 60.9 Å². The Bertz CT molecular complexity index is 1900. The molecule has 0 unspecified atom stereocenters. The normalized spacial score (nSPS) is 10.8. The van der Waals surface area contributed by atoms with Gasteiger partial charge >= 0.3 is 0 Å². The highest BCUT2D eigenvalue weighted by atomic mass is 35.5. The molecule has 47 heavy (non-hydrogen) atoms. The molecule has 0 aliphatic rings. The first kappa shape index (κ1) is 32.8. The Hall–Kier alpha value is -5.60. The van der Waals surface area contributed by atoms with Crippen molar-refractivity contribution in [3.05, 3.63) is 102 Å². The van der Waals surface area contributed by atoms with Crippen LogP contribution in [0.2, 0.25) is 5.02 Å². The monoisotopic (exact) mass is 660 g/mol. The first-order valence-electron chi connectivity index (χ1n) is 14.4. The lowest BCUT2D eigenvalue weighted by Gasteiger charge is -2.15. The van der Waals surface area contributed by atoms with E-state index in [1.807, 2.05) is 0 Å². The predicted molar refractivity (Wildman–Crippen MR) is 172 cm³/mol. The summed E-state index contributed by atoms with van der Waals surface area (Å²) in [7, 11) is 0. The van der Waals surface area contributed by atoms with Crippen molar-refractivity contribution in [1.29, 1.82) is 0 Å². The minimum absolute atomic E-state index is 0.0533. The summed E-state index contributed by atoms with van der Waals surface area (Å²) in [5.74, 6) is -0.0192. The van der Waals surface area contributed by atoms with Crippen molar-refractivity contribution in [2.24, 2.45) is 0 Å². The van der Waals surface area contributed by atoms with Gasteiger partial charge in [-0.1, -0.05) is 35.5 Å². The summed E-state index contributed by atoms with van der Waals surface area (Å²) in [6, 6.07) is 14.6. The fraction of sp³-hybridized carbons (Fsp3) is 0.188. The molecule has 3 aromatic carbocycles. The van der Waals surface area contributed by atoms with Crippen molar-refractivity contribution in [3.63, 3.8) is 0 Å². The Morgan fingerprint density at radius 3 is 2.68 bits per heavy atom. The second-order valence-electron chi connectivity index (χ2n) is 10.2. The molecule has 2 heterocycles. The topological polar surface area (TPSA) is 165 Å². The number of carbonyl (C=O) groups excluding carboxylic acids is 2. The summed E-state index contributed by atoms with van der Waals surface area (Å²) in [6.45, 7) is 4.26. The molecule has 2 amide bonds. The molecule has 0 saturated heterocycles. The van der Waals surface area contributed by atoms with Gasteiger partial charge in [0.1, 0.15) is 48.4 Å². The van der Waals surface area contributed by atoms with E-state index in [9.17, 15) is 14.0 Å². The van der Waals surface area contributed by atoms with Crippen molar-refractivity contribution >= 4 is 51.5 Å². The van der Waals surface area contributed by atoms with Gasteiger partial charge in [-0.2, -0.15) is 0 Å². The number of aryl methyl sites for hydroxylation is 1. The molecule has 242 valence electrons. The highest BCUT2D eigenvalue weighted by Crippen LogP contribution is 2.35. The number of halogens is 2. The van der Waals surface area contributed by atoms with Gasteiger partial charge in [-0.15, -0.1) is 5.10 Å². The van der Waals surface area contributed by atoms with Crippen LogP contribution in [0.1, 0.15) is 30.5 Å². The van der Waals surface area contributed by atoms with E-state index in [4.69, 9.17) is 26.3 Å². The average Bonchev–Trinajstić information content (AvgIpc) is 3.53. The van der Waals surface area contributed by atoms with Gasteiger partial charge in [0.25, 0.3) is 0 Å². The maximum atomic E-state index is 13.5. The van der Waals surface area contributed by atoms with Crippen LogP contribution in [0, 0.1) is 5.82 Å². The SMILES string of the molecule is C=CC(=O)Nc1cc2c(Nc3ccc(OCc4cccc(F)c4)c(Cl)c3)ncnc2cc1OCc1cn(CCCCC(=O)NO)nn1. The number of hydroxylamine groups is 1. The van der Waals surface area contributed by atoms with Crippen LogP contribution >= 0.6 is 11.6 Å². The number of anilines is 3. The third kappa shape index (κ3) is 8.99. The van der Waals surface area contributed by atoms with Crippen LogP contribution in [0.4, 0.5) is 21.6 Å². The van der Waals surface area contributed by atoms with Crippen LogP contribution in [0.15, 0.2) is 79.8 Å². The molecule has 0 saturated carbocycles. The highest BCUT2D eigenvalue weighted by Gasteiger charge is 2.15. The van der Waals surface area contributed by atoms with Crippen molar-refractivity contribution in [3.8, 4) is 11.5 Å². The van der Waals surface area contributed by atoms with Gasteiger partial charge in [-0.3, -0.25) is 19.5 Å².